The Morgan fingerprint density at radius 2 is 1.26 bits per heavy atom. The van der Waals surface area contributed by atoms with Crippen LogP contribution in [0.3, 0.4) is 0 Å². The van der Waals surface area contributed by atoms with Gasteiger partial charge in [0.1, 0.15) is 0 Å². The van der Waals surface area contributed by atoms with Crippen molar-refractivity contribution in [2.24, 2.45) is 51.2 Å². The second-order valence-electron chi connectivity index (χ2n) is 17.8. The van der Waals surface area contributed by atoms with Crippen molar-refractivity contribution in [1.29, 1.82) is 0 Å². The third kappa shape index (κ3) is 4.84. The normalized spacial score (nSPS) is 58.9. The minimum atomic E-state index is -0.730. The molecule has 0 radical (unpaired) electrons. The fourth-order valence-corrected chi connectivity index (χ4v) is 14.5. The van der Waals surface area contributed by atoms with E-state index in [-0.39, 0.29) is 63.8 Å². The van der Waals surface area contributed by atoms with E-state index in [2.05, 4.69) is 33.0 Å². The van der Waals surface area contributed by atoms with Crippen LogP contribution in [-0.4, -0.2) is 102 Å². The monoisotopic (exact) mass is 661 g/mol. The first-order valence-corrected chi connectivity index (χ1v) is 19.1. The summed E-state index contributed by atoms with van der Waals surface area (Å²) in [6.45, 7) is 11.7. The molecule has 2 saturated heterocycles. The van der Waals surface area contributed by atoms with Crippen LogP contribution >= 0.6 is 11.8 Å². The van der Waals surface area contributed by atoms with E-state index in [0.29, 0.717) is 42.9 Å². The lowest BCUT2D eigenvalue weighted by atomic mass is 9.52. The molecule has 8 aliphatic rings. The van der Waals surface area contributed by atoms with Crippen molar-refractivity contribution in [2.75, 3.05) is 12.3 Å². The molecule has 0 bridgehead atoms. The fourth-order valence-electron chi connectivity index (χ4n) is 12.3. The van der Waals surface area contributed by atoms with Crippen LogP contribution in [0, 0.1) is 51.2 Å². The zero-order chi connectivity index (χ0) is 33.1. The van der Waals surface area contributed by atoms with Gasteiger partial charge in [0.25, 0.3) is 0 Å². The number of fused-ring (bicyclic) bond motifs is 10. The molecule has 2 aliphatic heterocycles. The summed E-state index contributed by atoms with van der Waals surface area (Å²) < 4.78 is 0. The van der Waals surface area contributed by atoms with Gasteiger partial charge in [0, 0.05) is 57.1 Å². The Balaban J connectivity index is 0.000000147. The van der Waals surface area contributed by atoms with Gasteiger partial charge in [-0.1, -0.05) is 57.9 Å². The van der Waals surface area contributed by atoms with Crippen molar-refractivity contribution in [3.63, 3.8) is 0 Å². The molecule has 2 heterocycles. The van der Waals surface area contributed by atoms with Crippen LogP contribution in [0.5, 0.6) is 0 Å². The highest BCUT2D eigenvalue weighted by atomic mass is 32.2. The van der Waals surface area contributed by atoms with Crippen LogP contribution in [0.15, 0.2) is 23.3 Å². The van der Waals surface area contributed by atoms with Gasteiger partial charge in [0.15, 0.2) is 0 Å². The summed E-state index contributed by atoms with van der Waals surface area (Å²) in [6.07, 6.45) is 7.14. The molecule has 18 atom stereocenters. The second kappa shape index (κ2) is 11.5. The maximum absolute atomic E-state index is 11.0. The lowest BCUT2D eigenvalue weighted by Crippen LogP contribution is -2.67. The third-order valence-electron chi connectivity index (χ3n) is 15.2. The molecule has 4 saturated carbocycles. The minimum Gasteiger partial charge on any atom is -0.392 e. The Morgan fingerprint density at radius 3 is 1.91 bits per heavy atom. The molecular formula is C37H59NO7S. The predicted octanol–water partition coefficient (Wildman–Crippen LogP) is 2.77. The van der Waals surface area contributed by atoms with Gasteiger partial charge < -0.3 is 41.1 Å². The predicted molar refractivity (Wildman–Crippen MR) is 179 cm³/mol. The Kier molecular flexibility index (Phi) is 8.51. The number of aliphatic hydroxyl groups is 7. The van der Waals surface area contributed by atoms with Crippen LogP contribution in [0.1, 0.15) is 86.0 Å². The smallest absolute Gasteiger partial charge is 0.0867 e. The van der Waals surface area contributed by atoms with Gasteiger partial charge in [-0.25, -0.2) is 0 Å². The number of rotatable bonds is 0. The van der Waals surface area contributed by atoms with Gasteiger partial charge in [-0.15, -0.1) is 0 Å². The molecule has 8 N–H and O–H groups in total. The van der Waals surface area contributed by atoms with Gasteiger partial charge >= 0.3 is 0 Å². The van der Waals surface area contributed by atoms with E-state index < -0.39 is 24.4 Å². The van der Waals surface area contributed by atoms with E-state index in [1.165, 1.54) is 11.1 Å². The number of aliphatic hydroxyl groups excluding tert-OH is 7. The van der Waals surface area contributed by atoms with Crippen LogP contribution < -0.4 is 5.32 Å². The molecular weight excluding hydrogens is 602 g/mol. The largest absolute Gasteiger partial charge is 0.392 e. The van der Waals surface area contributed by atoms with E-state index in [1.54, 1.807) is 0 Å². The Labute approximate surface area is 279 Å². The van der Waals surface area contributed by atoms with E-state index >= 15 is 0 Å². The molecule has 260 valence electrons. The van der Waals surface area contributed by atoms with E-state index in [9.17, 15) is 35.7 Å². The molecule has 6 aliphatic carbocycles. The fraction of sp³-hybridized carbons (Fsp3) is 0.892. The van der Waals surface area contributed by atoms with Crippen LogP contribution in [0.2, 0.25) is 0 Å². The lowest BCUT2D eigenvalue weighted by molar-refractivity contribution is -0.101. The summed E-state index contributed by atoms with van der Waals surface area (Å²) in [5.74, 6) is 2.17. The quantitative estimate of drug-likeness (QED) is 0.183. The van der Waals surface area contributed by atoms with Gasteiger partial charge in [0.2, 0.25) is 0 Å². The Bertz CT molecular complexity index is 1170. The summed E-state index contributed by atoms with van der Waals surface area (Å²) in [5.41, 5.74) is 2.05. The van der Waals surface area contributed by atoms with Crippen molar-refractivity contribution in [3.8, 4) is 0 Å². The molecule has 6 fully saturated rings. The third-order valence-corrected chi connectivity index (χ3v) is 17.2. The SMILES string of the molecule is C[C@@H]1CC2C3C(SC[C@]2(C)[C@H]1O)[C@@]1(C)CC[C@H](O)C=C1C[C@@H]3O.C[C@]12CC[C@H](O)C=C1C[C@H](O)C1C2NC[C@@]2(C)C1C[C@@H](O)[C@@H]2O. The lowest BCUT2D eigenvalue weighted by Gasteiger charge is -2.59. The molecule has 8 rings (SSSR count). The first kappa shape index (κ1) is 34.0. The van der Waals surface area contributed by atoms with Crippen molar-refractivity contribution in [1.82, 2.24) is 5.32 Å². The summed E-state index contributed by atoms with van der Waals surface area (Å²) in [7, 11) is 0. The molecule has 0 aromatic carbocycles. The highest BCUT2D eigenvalue weighted by molar-refractivity contribution is 8.00. The van der Waals surface area contributed by atoms with Crippen LogP contribution in [0.4, 0.5) is 0 Å². The van der Waals surface area contributed by atoms with E-state index in [0.717, 1.165) is 37.9 Å². The highest BCUT2D eigenvalue weighted by Crippen LogP contribution is 2.65. The minimum absolute atomic E-state index is 0.0398. The zero-order valence-corrected chi connectivity index (χ0v) is 29.2. The topological polar surface area (TPSA) is 154 Å². The summed E-state index contributed by atoms with van der Waals surface area (Å²) in [4.78, 5) is 0. The molecule has 6 unspecified atom stereocenters. The molecule has 8 nitrogen and oxygen atoms in total. The standard InChI is InChI=1S/C19H30O3S.C18H29NO4/c1-10-6-13-15-14(21)8-11-7-12(20)4-5-18(11,2)17(15)23-9-19(13,3)16(10)22;1-17-4-3-10(20)5-9(17)6-12(21)14-11-7-13(22)16(23)18(11,2)8-19-15(14)17/h7,10,12-17,20-22H,4-6,8-9H2,1-3H3;5,10-16,19-23H,3-4,6-8H2,1-2H3/t10-,12+,13?,14+,15?,16+,17?,18+,19+;10-,11?,12-,13+,14?,15?,16-,17-,18-/m10/s1. The Morgan fingerprint density at radius 1 is 0.696 bits per heavy atom. The highest BCUT2D eigenvalue weighted by Gasteiger charge is 2.64. The summed E-state index contributed by atoms with van der Waals surface area (Å²) in [6, 6.07) is 0.139. The number of thioether (sulfide) groups is 1. The summed E-state index contributed by atoms with van der Waals surface area (Å²) >= 11 is 1.98. The number of nitrogens with one attached hydrogen (secondary N) is 1. The van der Waals surface area contributed by atoms with Crippen molar-refractivity contribution >= 4 is 11.8 Å². The molecule has 0 aromatic rings. The number of hydrogen-bond acceptors (Lipinski definition) is 9. The summed E-state index contributed by atoms with van der Waals surface area (Å²) in [5, 5.41) is 77.2. The van der Waals surface area contributed by atoms with Gasteiger partial charge in [-0.3, -0.25) is 0 Å². The van der Waals surface area contributed by atoms with Gasteiger partial charge in [-0.2, -0.15) is 11.8 Å². The van der Waals surface area contributed by atoms with Gasteiger partial charge in [-0.05, 0) is 69.1 Å². The van der Waals surface area contributed by atoms with Gasteiger partial charge in [0.05, 0.1) is 42.7 Å². The average molecular weight is 662 g/mol. The molecule has 46 heavy (non-hydrogen) atoms. The molecule has 0 aromatic heterocycles. The van der Waals surface area contributed by atoms with Crippen LogP contribution in [-0.2, 0) is 0 Å². The van der Waals surface area contributed by atoms with Crippen molar-refractivity contribution in [2.45, 2.75) is 140 Å². The maximum Gasteiger partial charge on any atom is 0.0867 e. The Hall–Kier alpha value is -0.490. The maximum atomic E-state index is 11.0. The first-order valence-electron chi connectivity index (χ1n) is 18.1. The first-order chi connectivity index (χ1) is 21.5. The molecule has 0 amide bonds. The number of hydrogen-bond donors (Lipinski definition) is 8. The van der Waals surface area contributed by atoms with E-state index in [1.807, 2.05) is 30.8 Å². The number of piperidine rings is 1. The van der Waals surface area contributed by atoms with Crippen molar-refractivity contribution < 1.29 is 35.7 Å². The van der Waals surface area contributed by atoms with Crippen LogP contribution in [0.25, 0.3) is 0 Å². The molecule has 9 heteroatoms. The average Bonchev–Trinajstić information content (AvgIpc) is 3.38. The van der Waals surface area contributed by atoms with E-state index in [4.69, 9.17) is 0 Å². The second-order valence-corrected chi connectivity index (χ2v) is 19.0. The molecule has 0 spiro atoms. The zero-order valence-electron chi connectivity index (χ0n) is 28.3. The van der Waals surface area contributed by atoms with Crippen molar-refractivity contribution in [3.05, 3.63) is 23.3 Å².